The van der Waals surface area contributed by atoms with E-state index in [0.29, 0.717) is 35.8 Å². The quantitative estimate of drug-likeness (QED) is 0.634. The first-order valence-corrected chi connectivity index (χ1v) is 8.32. The second-order valence-corrected chi connectivity index (χ2v) is 6.36. The molecule has 2 aromatic rings. The van der Waals surface area contributed by atoms with Gasteiger partial charge in [0.15, 0.2) is 11.5 Å². The van der Waals surface area contributed by atoms with Crippen LogP contribution in [0.5, 0.6) is 11.5 Å². The smallest absolute Gasteiger partial charge is 0.277 e. The van der Waals surface area contributed by atoms with Gasteiger partial charge in [0.1, 0.15) is 6.61 Å². The third-order valence-corrected chi connectivity index (χ3v) is 4.21. The van der Waals surface area contributed by atoms with E-state index in [1.54, 1.807) is 13.0 Å². The van der Waals surface area contributed by atoms with Crippen LogP contribution in [0.1, 0.15) is 18.9 Å². The van der Waals surface area contributed by atoms with Crippen LogP contribution in [-0.4, -0.2) is 34.5 Å². The van der Waals surface area contributed by atoms with E-state index >= 15 is 0 Å². The normalized spacial score (nSPS) is 17.1. The first-order chi connectivity index (χ1) is 11.7. The molecule has 1 aliphatic rings. The van der Waals surface area contributed by atoms with Gasteiger partial charge in [0.2, 0.25) is 12.0 Å². The molecule has 1 aromatic heterocycles. The van der Waals surface area contributed by atoms with Crippen LogP contribution in [0.3, 0.4) is 0 Å². The van der Waals surface area contributed by atoms with E-state index in [1.807, 2.05) is 24.3 Å². The summed E-state index contributed by atoms with van der Waals surface area (Å²) in [5, 5.41) is 10.6. The van der Waals surface area contributed by atoms with Gasteiger partial charge in [-0.3, -0.25) is 4.79 Å². The molecule has 8 heteroatoms. The number of benzene rings is 1. The Morgan fingerprint density at radius 3 is 3.04 bits per heavy atom. The molecule has 0 radical (unpaired) electrons. The van der Waals surface area contributed by atoms with Crippen LogP contribution in [0.15, 0.2) is 46.6 Å². The summed E-state index contributed by atoms with van der Waals surface area (Å²) >= 11 is 1.19. The standard InChI is InChI=1S/C16H17N3O4S/c1-3-8-17-14(20)10(2)24-16-19-18-15(23-16)13-9-21-11-6-4-5-7-12(11)22-13/h3-7,10,13H,1,8-9H2,2H3,(H,17,20)/t10-,13+/m0/s1. The number of carbonyl (C=O) groups is 1. The van der Waals surface area contributed by atoms with Gasteiger partial charge in [-0.2, -0.15) is 0 Å². The van der Waals surface area contributed by atoms with Gasteiger partial charge in [-0.25, -0.2) is 0 Å². The maximum absolute atomic E-state index is 11.8. The molecular weight excluding hydrogens is 330 g/mol. The molecule has 24 heavy (non-hydrogen) atoms. The molecule has 126 valence electrons. The van der Waals surface area contributed by atoms with Crippen molar-refractivity contribution in [1.29, 1.82) is 0 Å². The minimum Gasteiger partial charge on any atom is -0.485 e. The van der Waals surface area contributed by atoms with Crippen molar-refractivity contribution >= 4 is 17.7 Å². The summed E-state index contributed by atoms with van der Waals surface area (Å²) in [5.74, 6) is 1.53. The third kappa shape index (κ3) is 3.70. The molecule has 2 atom stereocenters. The van der Waals surface area contributed by atoms with Crippen LogP contribution in [-0.2, 0) is 4.79 Å². The van der Waals surface area contributed by atoms with Crippen LogP contribution in [0.2, 0.25) is 0 Å². The second-order valence-electron chi connectivity index (χ2n) is 5.06. The fraction of sp³-hybridized carbons (Fsp3) is 0.312. The Balaban J connectivity index is 1.62. The lowest BCUT2D eigenvalue weighted by Crippen LogP contribution is -2.30. The van der Waals surface area contributed by atoms with Crippen molar-refractivity contribution in [2.45, 2.75) is 23.5 Å². The fourth-order valence-electron chi connectivity index (χ4n) is 2.06. The molecule has 0 spiro atoms. The number of hydrogen-bond acceptors (Lipinski definition) is 7. The second kappa shape index (κ2) is 7.39. The van der Waals surface area contributed by atoms with Crippen molar-refractivity contribution in [1.82, 2.24) is 15.5 Å². The molecule has 0 fully saturated rings. The summed E-state index contributed by atoms with van der Waals surface area (Å²) in [4.78, 5) is 11.8. The third-order valence-electron chi connectivity index (χ3n) is 3.27. The zero-order chi connectivity index (χ0) is 16.9. The molecule has 7 nitrogen and oxygen atoms in total. The van der Waals surface area contributed by atoms with E-state index < -0.39 is 6.10 Å². The van der Waals surface area contributed by atoms with Crippen molar-refractivity contribution < 1.29 is 18.7 Å². The van der Waals surface area contributed by atoms with Gasteiger partial charge in [0.25, 0.3) is 11.1 Å². The summed E-state index contributed by atoms with van der Waals surface area (Å²) in [6.45, 7) is 6.04. The molecule has 0 unspecified atom stereocenters. The van der Waals surface area contributed by atoms with Gasteiger partial charge in [-0.15, -0.1) is 16.8 Å². The monoisotopic (exact) mass is 347 g/mol. The molecule has 3 rings (SSSR count). The number of rotatable bonds is 6. The highest BCUT2D eigenvalue weighted by Gasteiger charge is 2.28. The first kappa shape index (κ1) is 16.4. The van der Waals surface area contributed by atoms with Gasteiger partial charge in [-0.1, -0.05) is 30.0 Å². The van der Waals surface area contributed by atoms with E-state index in [2.05, 4.69) is 22.1 Å². The first-order valence-electron chi connectivity index (χ1n) is 7.44. The maximum atomic E-state index is 11.8. The highest BCUT2D eigenvalue weighted by molar-refractivity contribution is 8.00. The number of hydrogen-bond donors (Lipinski definition) is 1. The molecule has 1 N–H and O–H groups in total. The molecular formula is C16H17N3O4S. The molecule has 0 aliphatic carbocycles. The lowest BCUT2D eigenvalue weighted by molar-refractivity contribution is -0.120. The zero-order valence-electron chi connectivity index (χ0n) is 13.1. The zero-order valence-corrected chi connectivity index (χ0v) is 13.9. The van der Waals surface area contributed by atoms with Crippen LogP contribution >= 0.6 is 11.8 Å². The molecule has 1 amide bonds. The van der Waals surface area contributed by atoms with Crippen molar-refractivity contribution in [3.05, 3.63) is 42.8 Å². The van der Waals surface area contributed by atoms with Gasteiger partial charge >= 0.3 is 0 Å². The van der Waals surface area contributed by atoms with Crippen LogP contribution in [0.25, 0.3) is 0 Å². The van der Waals surface area contributed by atoms with Gasteiger partial charge in [0, 0.05) is 6.54 Å². The Kier molecular flexibility index (Phi) is 5.05. The van der Waals surface area contributed by atoms with E-state index in [9.17, 15) is 4.79 Å². The summed E-state index contributed by atoms with van der Waals surface area (Å²) in [6.07, 6.45) is 1.16. The Morgan fingerprint density at radius 2 is 2.25 bits per heavy atom. The summed E-state index contributed by atoms with van der Waals surface area (Å²) in [5.41, 5.74) is 0. The lowest BCUT2D eigenvalue weighted by Gasteiger charge is -2.23. The molecule has 0 bridgehead atoms. The SMILES string of the molecule is C=CCNC(=O)[C@H](C)Sc1nnc([C@H]2COc3ccccc3O2)o1. The Hall–Kier alpha value is -2.48. The highest BCUT2D eigenvalue weighted by Crippen LogP contribution is 2.36. The molecule has 1 aromatic carbocycles. The Morgan fingerprint density at radius 1 is 1.46 bits per heavy atom. The van der Waals surface area contributed by atoms with Crippen molar-refractivity contribution in [2.75, 3.05) is 13.2 Å². The van der Waals surface area contributed by atoms with Crippen molar-refractivity contribution in [3.8, 4) is 11.5 Å². The van der Waals surface area contributed by atoms with E-state index in [4.69, 9.17) is 13.9 Å². The lowest BCUT2D eigenvalue weighted by atomic mass is 10.2. The minimum atomic E-state index is -0.466. The average molecular weight is 347 g/mol. The number of nitrogens with one attached hydrogen (secondary N) is 1. The van der Waals surface area contributed by atoms with Gasteiger partial charge in [-0.05, 0) is 19.1 Å². The predicted molar refractivity (Wildman–Crippen MR) is 88.1 cm³/mol. The number of aromatic nitrogens is 2. The molecule has 2 heterocycles. The Bertz CT molecular complexity index is 734. The number of carbonyl (C=O) groups excluding carboxylic acids is 1. The average Bonchev–Trinajstić information content (AvgIpc) is 3.07. The van der Waals surface area contributed by atoms with Gasteiger partial charge in [0.05, 0.1) is 5.25 Å². The molecule has 1 aliphatic heterocycles. The summed E-state index contributed by atoms with van der Waals surface area (Å²) in [7, 11) is 0. The van der Waals surface area contributed by atoms with E-state index in [0.717, 1.165) is 0 Å². The van der Waals surface area contributed by atoms with Crippen molar-refractivity contribution in [2.24, 2.45) is 0 Å². The number of amides is 1. The fourth-order valence-corrected chi connectivity index (χ4v) is 2.77. The maximum Gasteiger partial charge on any atom is 0.277 e. The van der Waals surface area contributed by atoms with E-state index in [1.165, 1.54) is 11.8 Å². The summed E-state index contributed by atoms with van der Waals surface area (Å²) in [6, 6.07) is 7.40. The van der Waals surface area contributed by atoms with Crippen molar-refractivity contribution in [3.63, 3.8) is 0 Å². The predicted octanol–water partition coefficient (Wildman–Crippen LogP) is 2.36. The van der Waals surface area contributed by atoms with Gasteiger partial charge < -0.3 is 19.2 Å². The number of ether oxygens (including phenoxy) is 2. The highest BCUT2D eigenvalue weighted by atomic mass is 32.2. The molecule has 0 saturated carbocycles. The minimum absolute atomic E-state index is 0.120. The summed E-state index contributed by atoms with van der Waals surface area (Å²) < 4.78 is 17.0. The molecule has 0 saturated heterocycles. The van der Waals surface area contributed by atoms with E-state index in [-0.39, 0.29) is 11.2 Å². The number of para-hydroxylation sites is 2. The van der Waals surface area contributed by atoms with Crippen LogP contribution < -0.4 is 14.8 Å². The van der Waals surface area contributed by atoms with Crippen LogP contribution in [0, 0.1) is 0 Å². The van der Waals surface area contributed by atoms with Crippen LogP contribution in [0.4, 0.5) is 0 Å². The largest absolute Gasteiger partial charge is 0.485 e. The number of thioether (sulfide) groups is 1. The number of fused-ring (bicyclic) bond motifs is 1. The Labute approximate surface area is 143 Å². The number of nitrogens with zero attached hydrogens (tertiary/aromatic N) is 2. The topological polar surface area (TPSA) is 86.5 Å².